The average Bonchev–Trinajstić information content (AvgIpc) is 2.05. The molecule has 0 amide bonds. The number of alkyl halides is 3. The second kappa shape index (κ2) is 3.62. The van der Waals surface area contributed by atoms with Gasteiger partial charge in [-0.05, 0) is 7.05 Å². The van der Waals surface area contributed by atoms with Crippen molar-refractivity contribution in [1.82, 2.24) is 9.80 Å². The maximum absolute atomic E-state index is 12.7. The molecule has 1 aliphatic rings. The van der Waals surface area contributed by atoms with E-state index in [-0.39, 0.29) is 13.1 Å². The van der Waals surface area contributed by atoms with Crippen molar-refractivity contribution < 1.29 is 13.2 Å². The predicted octanol–water partition coefficient (Wildman–Crippen LogP) is 0.796. The van der Waals surface area contributed by atoms with Gasteiger partial charge in [-0.2, -0.15) is 8.78 Å². The Balaban J connectivity index is 2.44. The number of halogens is 3. The molecule has 1 saturated heterocycles. The quantitative estimate of drug-likeness (QED) is 0.583. The minimum Gasteiger partial charge on any atom is -0.304 e. The summed E-state index contributed by atoms with van der Waals surface area (Å²) >= 11 is 0. The van der Waals surface area contributed by atoms with Crippen molar-refractivity contribution in [2.24, 2.45) is 0 Å². The monoisotopic (exact) mass is 182 g/mol. The Hall–Kier alpha value is -0.290. The van der Waals surface area contributed by atoms with Gasteiger partial charge in [0.25, 0.3) is 0 Å². The van der Waals surface area contributed by atoms with Gasteiger partial charge in [-0.15, -0.1) is 0 Å². The van der Waals surface area contributed by atoms with Gasteiger partial charge in [0.05, 0.1) is 0 Å². The molecule has 1 aliphatic heterocycles. The standard InChI is InChI=1S/C7H13F3N2/c1-11-2-4-12(5-3-11)7(9,10)6-8/h2-6H2,1H3. The van der Waals surface area contributed by atoms with Crippen LogP contribution in [0.5, 0.6) is 0 Å². The summed E-state index contributed by atoms with van der Waals surface area (Å²) in [6.07, 6.45) is 0. The topological polar surface area (TPSA) is 6.48 Å². The molecule has 1 rings (SSSR count). The summed E-state index contributed by atoms with van der Waals surface area (Å²) in [6.45, 7) is 0.0583. The van der Waals surface area contributed by atoms with E-state index >= 15 is 0 Å². The second-order valence-electron chi connectivity index (χ2n) is 3.09. The summed E-state index contributed by atoms with van der Waals surface area (Å²) in [5.41, 5.74) is 0. The summed E-state index contributed by atoms with van der Waals surface area (Å²) < 4.78 is 37.2. The first-order valence-corrected chi connectivity index (χ1v) is 3.93. The van der Waals surface area contributed by atoms with E-state index in [1.54, 1.807) is 0 Å². The van der Waals surface area contributed by atoms with Crippen molar-refractivity contribution in [2.45, 2.75) is 6.05 Å². The van der Waals surface area contributed by atoms with Gasteiger partial charge >= 0.3 is 6.05 Å². The van der Waals surface area contributed by atoms with Crippen LogP contribution in [0.1, 0.15) is 0 Å². The molecule has 0 unspecified atom stereocenters. The van der Waals surface area contributed by atoms with Crippen LogP contribution in [-0.2, 0) is 0 Å². The number of rotatable bonds is 2. The fraction of sp³-hybridized carbons (Fsp3) is 1.00. The number of hydrogen-bond donors (Lipinski definition) is 0. The van der Waals surface area contributed by atoms with Crippen LogP contribution in [0.3, 0.4) is 0 Å². The Labute approximate surface area is 69.9 Å². The number of nitrogens with zero attached hydrogens (tertiary/aromatic N) is 2. The van der Waals surface area contributed by atoms with Gasteiger partial charge in [-0.25, -0.2) is 9.29 Å². The normalized spacial score (nSPS) is 23.0. The van der Waals surface area contributed by atoms with E-state index < -0.39 is 12.7 Å². The van der Waals surface area contributed by atoms with Crippen LogP contribution >= 0.6 is 0 Å². The van der Waals surface area contributed by atoms with Crippen molar-refractivity contribution in [3.8, 4) is 0 Å². The van der Waals surface area contributed by atoms with E-state index in [4.69, 9.17) is 0 Å². The molecule has 0 radical (unpaired) electrons. The van der Waals surface area contributed by atoms with Crippen LogP contribution in [0.4, 0.5) is 13.2 Å². The van der Waals surface area contributed by atoms with Crippen LogP contribution in [0, 0.1) is 0 Å². The van der Waals surface area contributed by atoms with Crippen LogP contribution < -0.4 is 0 Å². The molecule has 1 fully saturated rings. The first-order valence-electron chi connectivity index (χ1n) is 3.93. The largest absolute Gasteiger partial charge is 0.333 e. The lowest BCUT2D eigenvalue weighted by molar-refractivity contribution is -0.168. The Morgan fingerprint density at radius 2 is 1.67 bits per heavy atom. The average molecular weight is 182 g/mol. The van der Waals surface area contributed by atoms with Crippen molar-refractivity contribution in [2.75, 3.05) is 39.9 Å². The predicted molar refractivity (Wildman–Crippen MR) is 40.0 cm³/mol. The molecule has 0 N–H and O–H groups in total. The molecule has 0 aromatic carbocycles. The van der Waals surface area contributed by atoms with Crippen molar-refractivity contribution in [3.05, 3.63) is 0 Å². The molecule has 12 heavy (non-hydrogen) atoms. The SMILES string of the molecule is CN1CCN(C(F)(F)CF)CC1. The summed E-state index contributed by atoms with van der Waals surface area (Å²) in [6, 6.07) is -3.26. The molecule has 0 atom stereocenters. The van der Waals surface area contributed by atoms with E-state index in [2.05, 4.69) is 0 Å². The summed E-state index contributed by atoms with van der Waals surface area (Å²) in [5, 5.41) is 0. The molecule has 5 heteroatoms. The molecule has 0 aromatic rings. The van der Waals surface area contributed by atoms with Crippen molar-refractivity contribution >= 4 is 0 Å². The van der Waals surface area contributed by atoms with E-state index in [1.165, 1.54) is 0 Å². The van der Waals surface area contributed by atoms with Gasteiger partial charge in [0.15, 0.2) is 6.67 Å². The molecule has 0 aliphatic carbocycles. The van der Waals surface area contributed by atoms with Crippen LogP contribution in [-0.4, -0.2) is 55.7 Å². The zero-order valence-corrected chi connectivity index (χ0v) is 7.06. The van der Waals surface area contributed by atoms with E-state index in [1.807, 2.05) is 11.9 Å². The van der Waals surface area contributed by atoms with Gasteiger partial charge in [-0.1, -0.05) is 0 Å². The third-order valence-corrected chi connectivity index (χ3v) is 2.13. The molecule has 2 nitrogen and oxygen atoms in total. The molecule has 0 bridgehead atoms. The zero-order chi connectivity index (χ0) is 9.19. The maximum atomic E-state index is 12.7. The highest BCUT2D eigenvalue weighted by molar-refractivity contribution is 4.75. The second-order valence-corrected chi connectivity index (χ2v) is 3.09. The summed E-state index contributed by atoms with van der Waals surface area (Å²) in [4.78, 5) is 2.85. The highest BCUT2D eigenvalue weighted by atomic mass is 19.3. The van der Waals surface area contributed by atoms with E-state index in [9.17, 15) is 13.2 Å². The summed E-state index contributed by atoms with van der Waals surface area (Å²) in [7, 11) is 1.87. The number of likely N-dealkylation sites (N-methyl/N-ethyl adjacent to an activating group) is 1. The minimum absolute atomic E-state index is 0.243. The molecule has 0 spiro atoms. The fourth-order valence-corrected chi connectivity index (χ4v) is 1.22. The van der Waals surface area contributed by atoms with Gasteiger partial charge in [0.1, 0.15) is 0 Å². The zero-order valence-electron chi connectivity index (χ0n) is 7.06. The molecule has 72 valence electrons. The minimum atomic E-state index is -3.26. The highest BCUT2D eigenvalue weighted by Gasteiger charge is 2.38. The lowest BCUT2D eigenvalue weighted by atomic mass is 10.3. The Kier molecular flexibility index (Phi) is 2.95. The molecule has 0 saturated carbocycles. The lowest BCUT2D eigenvalue weighted by Crippen LogP contribution is -2.53. The van der Waals surface area contributed by atoms with Crippen molar-refractivity contribution in [3.63, 3.8) is 0 Å². The lowest BCUT2D eigenvalue weighted by Gasteiger charge is -2.36. The van der Waals surface area contributed by atoms with Crippen LogP contribution in [0.2, 0.25) is 0 Å². The number of hydrogen-bond acceptors (Lipinski definition) is 2. The van der Waals surface area contributed by atoms with Crippen LogP contribution in [0.15, 0.2) is 0 Å². The van der Waals surface area contributed by atoms with Gasteiger partial charge in [0.2, 0.25) is 0 Å². The fourth-order valence-electron chi connectivity index (χ4n) is 1.22. The third kappa shape index (κ3) is 2.10. The Morgan fingerprint density at radius 1 is 1.17 bits per heavy atom. The van der Waals surface area contributed by atoms with E-state index in [0.29, 0.717) is 13.1 Å². The number of piperazine rings is 1. The third-order valence-electron chi connectivity index (χ3n) is 2.13. The maximum Gasteiger partial charge on any atom is 0.333 e. The van der Waals surface area contributed by atoms with Gasteiger partial charge < -0.3 is 4.90 Å². The van der Waals surface area contributed by atoms with Gasteiger partial charge in [0, 0.05) is 26.2 Å². The highest BCUT2D eigenvalue weighted by Crippen LogP contribution is 2.21. The first-order chi connectivity index (χ1) is 5.56. The smallest absolute Gasteiger partial charge is 0.304 e. The summed E-state index contributed by atoms with van der Waals surface area (Å²) in [5.74, 6) is 0. The first kappa shape index (κ1) is 9.80. The Bertz CT molecular complexity index is 144. The molecular formula is C7H13F3N2. The van der Waals surface area contributed by atoms with E-state index in [0.717, 1.165) is 4.90 Å². The molecular weight excluding hydrogens is 169 g/mol. The van der Waals surface area contributed by atoms with Crippen LogP contribution in [0.25, 0.3) is 0 Å². The Morgan fingerprint density at radius 3 is 2.08 bits per heavy atom. The van der Waals surface area contributed by atoms with Crippen molar-refractivity contribution in [1.29, 1.82) is 0 Å². The van der Waals surface area contributed by atoms with Gasteiger partial charge in [-0.3, -0.25) is 0 Å². The molecule has 0 aromatic heterocycles. The molecule has 1 heterocycles.